The molecule has 0 bridgehead atoms. The number of hydrogen-bond acceptors (Lipinski definition) is 0. The molecule has 0 radical (unpaired) electrons. The Morgan fingerprint density at radius 3 is 1.04 bits per heavy atom. The number of aryl methyl sites for hydroxylation is 1. The fourth-order valence-corrected chi connectivity index (χ4v) is 12.5. The summed E-state index contributed by atoms with van der Waals surface area (Å²) in [6, 6.07) is 42.4. The molecule has 4 aromatic rings. The second kappa shape index (κ2) is 7.36. The van der Waals surface area contributed by atoms with Crippen LogP contribution in [0, 0.1) is 6.92 Å². The van der Waals surface area contributed by atoms with Gasteiger partial charge in [0.2, 0.25) is 0 Å². The van der Waals surface area contributed by atoms with E-state index in [9.17, 15) is 0 Å². The average molecular weight is 397 g/mol. The van der Waals surface area contributed by atoms with Gasteiger partial charge in [0.05, 0.1) is 0 Å². The predicted molar refractivity (Wildman–Crippen MR) is 115 cm³/mol. The van der Waals surface area contributed by atoms with Gasteiger partial charge < -0.3 is 0 Å². The van der Waals surface area contributed by atoms with Gasteiger partial charge >= 0.3 is 159 Å². The van der Waals surface area contributed by atoms with Crippen molar-refractivity contribution in [3.8, 4) is 0 Å². The molecule has 0 atom stereocenters. The third-order valence-corrected chi connectivity index (χ3v) is 13.9. The quantitative estimate of drug-likeness (QED) is 0.464. The molecule has 26 heavy (non-hydrogen) atoms. The SMILES string of the molecule is Cc1ccc([As+](c2ccccc2)(c2ccccc2)c2ccccc2)cc1. The summed E-state index contributed by atoms with van der Waals surface area (Å²) in [6.07, 6.45) is 0. The van der Waals surface area contributed by atoms with Crippen molar-refractivity contribution in [1.29, 1.82) is 0 Å². The number of rotatable bonds is 4. The van der Waals surface area contributed by atoms with Crippen LogP contribution < -0.4 is 17.4 Å². The Morgan fingerprint density at radius 2 is 0.692 bits per heavy atom. The van der Waals surface area contributed by atoms with Gasteiger partial charge in [-0.25, -0.2) is 0 Å². The van der Waals surface area contributed by atoms with Crippen LogP contribution >= 0.6 is 0 Å². The topological polar surface area (TPSA) is 0 Å². The molecule has 0 aliphatic heterocycles. The molecule has 0 saturated heterocycles. The second-order valence-electron chi connectivity index (χ2n) is 6.51. The van der Waals surface area contributed by atoms with E-state index in [0.717, 1.165) is 0 Å². The summed E-state index contributed by atoms with van der Waals surface area (Å²) in [7, 11) is 0. The second-order valence-corrected chi connectivity index (χ2v) is 13.7. The van der Waals surface area contributed by atoms with Gasteiger partial charge in [0.25, 0.3) is 0 Å². The van der Waals surface area contributed by atoms with Crippen molar-refractivity contribution in [1.82, 2.24) is 0 Å². The molecule has 0 N–H and O–H groups in total. The average Bonchev–Trinajstić information content (AvgIpc) is 2.72. The molecule has 0 aliphatic carbocycles. The van der Waals surface area contributed by atoms with E-state index in [0.29, 0.717) is 0 Å². The Kier molecular flexibility index (Phi) is 4.78. The Morgan fingerprint density at radius 1 is 0.385 bits per heavy atom. The molecule has 0 spiro atoms. The minimum absolute atomic E-state index is 1.30. The fourth-order valence-electron chi connectivity index (χ4n) is 3.62. The Hall–Kier alpha value is -2.56. The Labute approximate surface area is 158 Å². The van der Waals surface area contributed by atoms with Gasteiger partial charge in [-0.15, -0.1) is 0 Å². The first-order valence-electron chi connectivity index (χ1n) is 8.95. The van der Waals surface area contributed by atoms with E-state index >= 15 is 0 Å². The monoisotopic (exact) mass is 397 g/mol. The van der Waals surface area contributed by atoms with Crippen LogP contribution in [0.15, 0.2) is 115 Å². The first kappa shape index (κ1) is 16.9. The molecule has 0 saturated carbocycles. The molecule has 0 fully saturated rings. The molecule has 4 rings (SSSR count). The van der Waals surface area contributed by atoms with Crippen LogP contribution in [-0.4, -0.2) is 13.6 Å². The van der Waals surface area contributed by atoms with Crippen molar-refractivity contribution in [2.45, 2.75) is 6.92 Å². The van der Waals surface area contributed by atoms with Crippen molar-refractivity contribution in [2.24, 2.45) is 0 Å². The number of hydrogen-bond donors (Lipinski definition) is 0. The van der Waals surface area contributed by atoms with Gasteiger partial charge in [-0.2, -0.15) is 0 Å². The van der Waals surface area contributed by atoms with Crippen LogP contribution in [0.4, 0.5) is 0 Å². The summed E-state index contributed by atoms with van der Waals surface area (Å²) in [6.45, 7) is 2.16. The van der Waals surface area contributed by atoms with Crippen molar-refractivity contribution in [2.75, 3.05) is 0 Å². The normalized spacial score (nSPS) is 11.3. The third-order valence-electron chi connectivity index (χ3n) is 4.85. The summed E-state index contributed by atoms with van der Waals surface area (Å²) in [5.74, 6) is 0. The van der Waals surface area contributed by atoms with Crippen LogP contribution in [-0.2, 0) is 0 Å². The fraction of sp³-hybridized carbons (Fsp3) is 0.0400. The summed E-state index contributed by atoms with van der Waals surface area (Å²) < 4.78 is 5.81. The van der Waals surface area contributed by atoms with Crippen LogP contribution in [0.1, 0.15) is 5.56 Å². The van der Waals surface area contributed by atoms with E-state index in [-0.39, 0.29) is 0 Å². The third kappa shape index (κ3) is 2.91. The molecule has 0 unspecified atom stereocenters. The molecular weight excluding hydrogens is 375 g/mol. The molecule has 1 heteroatoms. The van der Waals surface area contributed by atoms with Crippen molar-refractivity contribution < 1.29 is 0 Å². The van der Waals surface area contributed by atoms with Crippen LogP contribution in [0.3, 0.4) is 0 Å². The van der Waals surface area contributed by atoms with Gasteiger partial charge in [0.1, 0.15) is 0 Å². The molecule has 126 valence electrons. The zero-order valence-corrected chi connectivity index (χ0v) is 16.8. The molecular formula is C25H22As+. The zero-order chi connectivity index (χ0) is 17.8. The van der Waals surface area contributed by atoms with Crippen molar-refractivity contribution >= 4 is 31.0 Å². The Bertz CT molecular complexity index is 862. The van der Waals surface area contributed by atoms with Crippen LogP contribution in [0.5, 0.6) is 0 Å². The molecule has 0 aromatic heterocycles. The van der Waals surface area contributed by atoms with Crippen LogP contribution in [0.25, 0.3) is 0 Å². The van der Waals surface area contributed by atoms with Gasteiger partial charge in [-0.3, -0.25) is 0 Å². The van der Waals surface area contributed by atoms with E-state index in [1.807, 2.05) is 0 Å². The van der Waals surface area contributed by atoms with Gasteiger partial charge in [-0.05, 0) is 0 Å². The molecule has 0 heterocycles. The maximum atomic E-state index is 2.34. The summed E-state index contributed by atoms with van der Waals surface area (Å²) >= 11 is -2.79. The summed E-state index contributed by atoms with van der Waals surface area (Å²) in [5, 5.41) is 0. The summed E-state index contributed by atoms with van der Waals surface area (Å²) in [4.78, 5) is 0. The minimum atomic E-state index is -2.79. The van der Waals surface area contributed by atoms with E-state index in [1.54, 1.807) is 0 Å². The van der Waals surface area contributed by atoms with Gasteiger partial charge in [0, 0.05) is 0 Å². The summed E-state index contributed by atoms with van der Waals surface area (Å²) in [5.41, 5.74) is 1.30. The zero-order valence-electron chi connectivity index (χ0n) is 14.9. The van der Waals surface area contributed by atoms with E-state index in [1.165, 1.54) is 23.0 Å². The van der Waals surface area contributed by atoms with E-state index in [4.69, 9.17) is 0 Å². The standard InChI is InChI=1S/C25H22As/c1-21-17-19-25(20-18-21)26(22-11-5-2-6-12-22,23-13-7-3-8-14-23)24-15-9-4-10-16-24/h2-20H,1H3/q+1. The van der Waals surface area contributed by atoms with E-state index in [2.05, 4.69) is 122 Å². The molecule has 0 aliphatic rings. The van der Waals surface area contributed by atoms with Crippen LogP contribution in [0.2, 0.25) is 0 Å². The molecule has 0 amide bonds. The van der Waals surface area contributed by atoms with E-state index < -0.39 is 13.6 Å². The van der Waals surface area contributed by atoms with Crippen molar-refractivity contribution in [3.05, 3.63) is 121 Å². The maximum absolute atomic E-state index is 2.79. The first-order chi connectivity index (χ1) is 12.8. The van der Waals surface area contributed by atoms with Gasteiger partial charge in [-0.1, -0.05) is 0 Å². The van der Waals surface area contributed by atoms with Gasteiger partial charge in [0.15, 0.2) is 0 Å². The predicted octanol–water partition coefficient (Wildman–Crippen LogP) is 3.37. The molecule has 0 nitrogen and oxygen atoms in total. The first-order valence-corrected chi connectivity index (χ1v) is 12.7. The Balaban J connectivity index is 2.12. The molecule has 4 aromatic carbocycles. The number of benzene rings is 4. The van der Waals surface area contributed by atoms with Crippen molar-refractivity contribution in [3.63, 3.8) is 0 Å².